The van der Waals surface area contributed by atoms with E-state index < -0.39 is 29.4 Å². The quantitative estimate of drug-likeness (QED) is 0.684. The third kappa shape index (κ3) is 4.27. The molecule has 8 heteroatoms. The zero-order valence-corrected chi connectivity index (χ0v) is 19.7. The predicted molar refractivity (Wildman–Crippen MR) is 128 cm³/mol. The Kier molecular flexibility index (Phi) is 6.23. The van der Waals surface area contributed by atoms with Crippen molar-refractivity contribution in [2.24, 2.45) is 11.3 Å². The Morgan fingerprint density at radius 1 is 1.11 bits per heavy atom. The molecule has 2 saturated heterocycles. The normalized spacial score (nSPS) is 25.6. The average Bonchev–Trinajstić information content (AvgIpc) is 3.40. The summed E-state index contributed by atoms with van der Waals surface area (Å²) in [4.78, 5) is 39.2. The fourth-order valence-electron chi connectivity index (χ4n) is 5.59. The highest BCUT2D eigenvalue weighted by Gasteiger charge is 2.50. The number of fused-ring (bicyclic) bond motifs is 3. The number of benzene rings is 2. The van der Waals surface area contributed by atoms with Crippen LogP contribution in [-0.4, -0.2) is 66.9 Å². The van der Waals surface area contributed by atoms with Crippen LogP contribution in [0, 0.1) is 11.3 Å². The topological polar surface area (TPSA) is 105 Å². The van der Waals surface area contributed by atoms with E-state index in [1.165, 1.54) is 0 Å². The van der Waals surface area contributed by atoms with Gasteiger partial charge in [-0.05, 0) is 42.0 Å². The molecule has 3 atom stereocenters. The monoisotopic (exact) mass is 478 g/mol. The summed E-state index contributed by atoms with van der Waals surface area (Å²) in [6.07, 6.45) is 0.612. The molecule has 2 fully saturated rings. The molecule has 0 saturated carbocycles. The van der Waals surface area contributed by atoms with Gasteiger partial charge < -0.3 is 24.8 Å². The number of rotatable bonds is 5. The minimum absolute atomic E-state index is 0.0534. The van der Waals surface area contributed by atoms with Gasteiger partial charge >= 0.3 is 12.1 Å². The molecule has 2 aliphatic heterocycles. The Bertz CT molecular complexity index is 1100. The molecule has 2 unspecified atom stereocenters. The van der Waals surface area contributed by atoms with Crippen LogP contribution in [-0.2, 0) is 19.1 Å². The number of hydrogen-bond donors (Lipinski definition) is 2. The zero-order chi connectivity index (χ0) is 24.6. The van der Waals surface area contributed by atoms with Gasteiger partial charge in [0, 0.05) is 19.0 Å². The number of piperidine rings is 1. The number of carbonyl (C=O) groups is 3. The number of carboxylic acid groups (broad SMARTS) is 1. The second-order valence-electron chi connectivity index (χ2n) is 9.88. The number of ether oxygens (including phenoxy) is 2. The highest BCUT2D eigenvalue weighted by molar-refractivity contribution is 5.85. The van der Waals surface area contributed by atoms with Gasteiger partial charge in [-0.15, -0.1) is 0 Å². The van der Waals surface area contributed by atoms with Gasteiger partial charge in [0.15, 0.2) is 0 Å². The molecule has 0 radical (unpaired) electrons. The first kappa shape index (κ1) is 23.4. The van der Waals surface area contributed by atoms with Crippen molar-refractivity contribution in [3.8, 4) is 11.1 Å². The molecule has 1 aliphatic carbocycles. The zero-order valence-electron chi connectivity index (χ0n) is 19.7. The Morgan fingerprint density at radius 2 is 1.77 bits per heavy atom. The lowest BCUT2D eigenvalue weighted by molar-refractivity contribution is -0.149. The highest BCUT2D eigenvalue weighted by Crippen LogP contribution is 2.44. The van der Waals surface area contributed by atoms with Crippen molar-refractivity contribution >= 4 is 18.0 Å². The second kappa shape index (κ2) is 9.34. The maximum absolute atomic E-state index is 13.4. The molecule has 35 heavy (non-hydrogen) atoms. The number of amides is 2. The first-order chi connectivity index (χ1) is 16.9. The fourth-order valence-corrected chi connectivity index (χ4v) is 5.59. The van der Waals surface area contributed by atoms with Crippen molar-refractivity contribution in [2.75, 3.05) is 32.9 Å². The number of alkyl carbamates (subject to hydrolysis) is 1. The molecule has 2 heterocycles. The van der Waals surface area contributed by atoms with Gasteiger partial charge in [-0.1, -0.05) is 48.5 Å². The van der Waals surface area contributed by atoms with Gasteiger partial charge in [-0.3, -0.25) is 9.59 Å². The van der Waals surface area contributed by atoms with Crippen LogP contribution in [0.5, 0.6) is 0 Å². The lowest BCUT2D eigenvalue weighted by atomic mass is 9.82. The first-order valence-corrected chi connectivity index (χ1v) is 12.1. The van der Waals surface area contributed by atoms with Gasteiger partial charge in [0.2, 0.25) is 5.91 Å². The molecule has 0 spiro atoms. The molecule has 0 aromatic heterocycles. The summed E-state index contributed by atoms with van der Waals surface area (Å²) in [5, 5.41) is 12.2. The van der Waals surface area contributed by atoms with Crippen LogP contribution >= 0.6 is 0 Å². The average molecular weight is 479 g/mol. The number of likely N-dealkylation sites (tertiary alicyclic amines) is 1. The lowest BCUT2D eigenvalue weighted by Gasteiger charge is -2.38. The summed E-state index contributed by atoms with van der Waals surface area (Å²) in [6.45, 7) is 3.00. The van der Waals surface area contributed by atoms with Crippen molar-refractivity contribution in [1.82, 2.24) is 10.2 Å². The number of nitrogens with one attached hydrogen (secondary N) is 1. The van der Waals surface area contributed by atoms with Crippen molar-refractivity contribution in [3.05, 3.63) is 59.7 Å². The van der Waals surface area contributed by atoms with Crippen molar-refractivity contribution in [3.63, 3.8) is 0 Å². The summed E-state index contributed by atoms with van der Waals surface area (Å²) in [7, 11) is 0. The van der Waals surface area contributed by atoms with E-state index in [2.05, 4.69) is 29.6 Å². The second-order valence-corrected chi connectivity index (χ2v) is 9.88. The number of nitrogens with zero attached hydrogens (tertiary/aromatic N) is 1. The minimum Gasteiger partial charge on any atom is -0.481 e. The van der Waals surface area contributed by atoms with Gasteiger partial charge in [-0.2, -0.15) is 0 Å². The Balaban J connectivity index is 1.24. The number of carbonyl (C=O) groups excluding carboxylic acids is 2. The van der Waals surface area contributed by atoms with Crippen LogP contribution in [0.1, 0.15) is 36.8 Å². The van der Waals surface area contributed by atoms with E-state index >= 15 is 0 Å². The first-order valence-electron chi connectivity index (χ1n) is 12.1. The molecule has 2 amide bonds. The van der Waals surface area contributed by atoms with Gasteiger partial charge in [0.25, 0.3) is 0 Å². The summed E-state index contributed by atoms with van der Waals surface area (Å²) in [6, 6.07) is 15.7. The largest absolute Gasteiger partial charge is 0.481 e. The van der Waals surface area contributed by atoms with E-state index in [-0.39, 0.29) is 38.2 Å². The van der Waals surface area contributed by atoms with Gasteiger partial charge in [0.05, 0.1) is 30.6 Å². The van der Waals surface area contributed by atoms with E-state index in [1.807, 2.05) is 24.3 Å². The molecular weight excluding hydrogens is 448 g/mol. The summed E-state index contributed by atoms with van der Waals surface area (Å²) >= 11 is 0. The van der Waals surface area contributed by atoms with E-state index in [9.17, 15) is 19.5 Å². The van der Waals surface area contributed by atoms with Crippen LogP contribution in [0.15, 0.2) is 48.5 Å². The smallest absolute Gasteiger partial charge is 0.407 e. The molecule has 184 valence electrons. The summed E-state index contributed by atoms with van der Waals surface area (Å²) < 4.78 is 11.3. The SMILES string of the molecule is CC1(C(=O)N2CCC[C@H](C(=O)O)C2)COCC1NC(=O)OCC1c2ccccc2-c2ccccc21. The third-order valence-corrected chi connectivity index (χ3v) is 7.64. The van der Waals surface area contributed by atoms with E-state index in [0.29, 0.717) is 19.4 Å². The van der Waals surface area contributed by atoms with E-state index in [4.69, 9.17) is 9.47 Å². The van der Waals surface area contributed by atoms with Crippen LogP contribution in [0.3, 0.4) is 0 Å². The molecule has 2 aromatic carbocycles. The van der Waals surface area contributed by atoms with E-state index in [1.54, 1.807) is 11.8 Å². The van der Waals surface area contributed by atoms with Crippen molar-refractivity contribution in [2.45, 2.75) is 31.7 Å². The molecule has 2 N–H and O–H groups in total. The summed E-state index contributed by atoms with van der Waals surface area (Å²) in [5.74, 6) is -1.69. The van der Waals surface area contributed by atoms with Crippen LogP contribution in [0.2, 0.25) is 0 Å². The Labute approximate surface area is 204 Å². The highest BCUT2D eigenvalue weighted by atomic mass is 16.5. The van der Waals surface area contributed by atoms with Crippen LogP contribution in [0.4, 0.5) is 4.79 Å². The maximum Gasteiger partial charge on any atom is 0.407 e. The molecular formula is C27H30N2O6. The maximum atomic E-state index is 13.4. The fraction of sp³-hybridized carbons (Fsp3) is 0.444. The standard InChI is InChI=1S/C27H30N2O6/c1-27(25(32)29-12-6-7-17(13-29)24(30)31)16-34-15-23(27)28-26(33)35-14-22-20-10-4-2-8-18(20)19-9-3-5-11-21(19)22/h2-5,8-11,17,22-23H,6-7,12-16H2,1H3,(H,28,33)(H,30,31)/t17-,23?,27?/m0/s1. The molecule has 2 aromatic rings. The minimum atomic E-state index is -0.980. The van der Waals surface area contributed by atoms with Crippen molar-refractivity contribution < 1.29 is 29.0 Å². The van der Waals surface area contributed by atoms with Crippen molar-refractivity contribution in [1.29, 1.82) is 0 Å². The molecule has 8 nitrogen and oxygen atoms in total. The van der Waals surface area contributed by atoms with Crippen LogP contribution < -0.4 is 5.32 Å². The molecule has 5 rings (SSSR count). The summed E-state index contributed by atoms with van der Waals surface area (Å²) in [5.41, 5.74) is 3.58. The predicted octanol–water partition coefficient (Wildman–Crippen LogP) is 3.25. The lowest BCUT2D eigenvalue weighted by Crippen LogP contribution is -2.56. The number of hydrogen-bond acceptors (Lipinski definition) is 5. The Hall–Kier alpha value is -3.39. The van der Waals surface area contributed by atoms with E-state index in [0.717, 1.165) is 22.3 Å². The molecule has 0 bridgehead atoms. The Morgan fingerprint density at radius 3 is 2.43 bits per heavy atom. The molecule has 3 aliphatic rings. The third-order valence-electron chi connectivity index (χ3n) is 7.64. The van der Waals surface area contributed by atoms with Gasteiger partial charge in [0.1, 0.15) is 6.61 Å². The van der Waals surface area contributed by atoms with Crippen LogP contribution in [0.25, 0.3) is 11.1 Å². The number of carboxylic acids is 1. The van der Waals surface area contributed by atoms with Gasteiger partial charge in [-0.25, -0.2) is 4.79 Å². The number of aliphatic carboxylic acids is 1.